The molecule has 3 heterocycles. The lowest BCUT2D eigenvalue weighted by Crippen LogP contribution is -2.45. The standard InChI is InChI=1S/C13H17N5/c1-13(11-4-8-16-17-11)5-2-9-18(10-13)12-14-6-3-7-15-12/h3-4,6-8H,2,5,9-10H2,1H3,(H,16,17)/t13-/m1/s1. The van der Waals surface area contributed by atoms with Gasteiger partial charge in [-0.05, 0) is 25.0 Å². The minimum Gasteiger partial charge on any atom is -0.340 e. The van der Waals surface area contributed by atoms with E-state index >= 15 is 0 Å². The first-order valence-corrected chi connectivity index (χ1v) is 6.30. The van der Waals surface area contributed by atoms with E-state index in [2.05, 4.69) is 38.1 Å². The number of aromatic nitrogens is 4. The zero-order chi connectivity index (χ0) is 12.4. The Labute approximate surface area is 106 Å². The Bertz CT molecular complexity index is 495. The fourth-order valence-corrected chi connectivity index (χ4v) is 2.68. The molecule has 2 aromatic heterocycles. The first kappa shape index (κ1) is 11.2. The number of nitrogens with one attached hydrogen (secondary N) is 1. The van der Waals surface area contributed by atoms with Gasteiger partial charge < -0.3 is 4.90 Å². The maximum Gasteiger partial charge on any atom is 0.225 e. The van der Waals surface area contributed by atoms with E-state index in [0.717, 1.165) is 25.5 Å². The van der Waals surface area contributed by atoms with E-state index in [9.17, 15) is 0 Å². The average Bonchev–Trinajstić information content (AvgIpc) is 2.95. The van der Waals surface area contributed by atoms with Crippen molar-refractivity contribution < 1.29 is 0 Å². The van der Waals surface area contributed by atoms with Crippen LogP contribution in [0.25, 0.3) is 0 Å². The molecule has 0 unspecified atom stereocenters. The number of H-pyrrole nitrogens is 1. The van der Waals surface area contributed by atoms with Crippen molar-refractivity contribution in [2.75, 3.05) is 18.0 Å². The van der Waals surface area contributed by atoms with Crippen LogP contribution in [-0.4, -0.2) is 33.3 Å². The fraction of sp³-hybridized carbons (Fsp3) is 0.462. The molecule has 1 saturated heterocycles. The van der Waals surface area contributed by atoms with Crippen molar-refractivity contribution in [1.29, 1.82) is 0 Å². The second-order valence-electron chi connectivity index (χ2n) is 5.10. The zero-order valence-corrected chi connectivity index (χ0v) is 10.5. The third-order valence-corrected chi connectivity index (χ3v) is 3.68. The van der Waals surface area contributed by atoms with Gasteiger partial charge in [-0.25, -0.2) is 9.97 Å². The third kappa shape index (κ3) is 1.96. The summed E-state index contributed by atoms with van der Waals surface area (Å²) in [5.74, 6) is 0.822. The predicted octanol–water partition coefficient (Wildman–Crippen LogP) is 1.76. The number of hydrogen-bond donors (Lipinski definition) is 1. The fourth-order valence-electron chi connectivity index (χ4n) is 2.68. The van der Waals surface area contributed by atoms with E-state index < -0.39 is 0 Å². The lowest BCUT2D eigenvalue weighted by atomic mass is 9.79. The van der Waals surface area contributed by atoms with Crippen molar-refractivity contribution in [3.8, 4) is 0 Å². The van der Waals surface area contributed by atoms with Crippen LogP contribution >= 0.6 is 0 Å². The topological polar surface area (TPSA) is 57.7 Å². The molecule has 94 valence electrons. The summed E-state index contributed by atoms with van der Waals surface area (Å²) in [6.45, 7) is 4.22. The third-order valence-electron chi connectivity index (χ3n) is 3.68. The maximum absolute atomic E-state index is 4.34. The summed E-state index contributed by atoms with van der Waals surface area (Å²) >= 11 is 0. The first-order chi connectivity index (χ1) is 8.78. The SMILES string of the molecule is C[C@@]1(c2ccn[nH]2)CCCN(c2ncccn2)C1. The monoisotopic (exact) mass is 243 g/mol. The van der Waals surface area contributed by atoms with Gasteiger partial charge in [-0.15, -0.1) is 0 Å². The van der Waals surface area contributed by atoms with E-state index in [4.69, 9.17) is 0 Å². The van der Waals surface area contributed by atoms with Gasteiger partial charge in [0.05, 0.1) is 0 Å². The van der Waals surface area contributed by atoms with E-state index in [-0.39, 0.29) is 5.41 Å². The van der Waals surface area contributed by atoms with Crippen molar-refractivity contribution in [3.05, 3.63) is 36.4 Å². The molecule has 0 amide bonds. The molecule has 1 aliphatic heterocycles. The van der Waals surface area contributed by atoms with Gasteiger partial charge in [0.15, 0.2) is 0 Å². The lowest BCUT2D eigenvalue weighted by molar-refractivity contribution is 0.361. The van der Waals surface area contributed by atoms with Gasteiger partial charge in [0.2, 0.25) is 5.95 Å². The Morgan fingerprint density at radius 3 is 2.83 bits per heavy atom. The van der Waals surface area contributed by atoms with E-state index in [0.29, 0.717) is 0 Å². The Kier molecular flexibility index (Phi) is 2.74. The molecule has 5 heteroatoms. The van der Waals surface area contributed by atoms with Crippen LogP contribution in [0.4, 0.5) is 5.95 Å². The lowest BCUT2D eigenvalue weighted by Gasteiger charge is -2.39. The second kappa shape index (κ2) is 4.40. The summed E-state index contributed by atoms with van der Waals surface area (Å²) in [5.41, 5.74) is 1.30. The molecule has 3 rings (SSSR count). The van der Waals surface area contributed by atoms with Gasteiger partial charge in [-0.1, -0.05) is 6.92 Å². The Morgan fingerprint density at radius 2 is 2.11 bits per heavy atom. The van der Waals surface area contributed by atoms with Crippen molar-refractivity contribution in [3.63, 3.8) is 0 Å². The summed E-state index contributed by atoms with van der Waals surface area (Å²) in [4.78, 5) is 10.9. The second-order valence-corrected chi connectivity index (χ2v) is 5.10. The molecule has 0 aliphatic carbocycles. The predicted molar refractivity (Wildman–Crippen MR) is 69.4 cm³/mol. The number of rotatable bonds is 2. The van der Waals surface area contributed by atoms with Crippen molar-refractivity contribution in [2.24, 2.45) is 0 Å². The molecule has 2 aromatic rings. The van der Waals surface area contributed by atoms with Gasteiger partial charge in [0.25, 0.3) is 0 Å². The number of nitrogens with zero attached hydrogens (tertiary/aromatic N) is 4. The molecule has 1 atom stereocenters. The molecule has 0 aromatic carbocycles. The first-order valence-electron chi connectivity index (χ1n) is 6.30. The van der Waals surface area contributed by atoms with Crippen LogP contribution in [0.5, 0.6) is 0 Å². The smallest absolute Gasteiger partial charge is 0.225 e. The van der Waals surface area contributed by atoms with Crippen LogP contribution in [0.1, 0.15) is 25.5 Å². The quantitative estimate of drug-likeness (QED) is 0.873. The summed E-state index contributed by atoms with van der Waals surface area (Å²) in [5, 5.41) is 7.17. The summed E-state index contributed by atoms with van der Waals surface area (Å²) < 4.78 is 0. The molecular formula is C13H17N5. The van der Waals surface area contributed by atoms with Gasteiger partial charge in [0, 0.05) is 42.8 Å². The zero-order valence-electron chi connectivity index (χ0n) is 10.5. The molecule has 0 spiro atoms. The normalized spacial score (nSPS) is 24.2. The number of hydrogen-bond acceptors (Lipinski definition) is 4. The highest BCUT2D eigenvalue weighted by Crippen LogP contribution is 2.33. The maximum atomic E-state index is 4.34. The van der Waals surface area contributed by atoms with E-state index in [1.165, 1.54) is 12.1 Å². The molecule has 0 radical (unpaired) electrons. The van der Waals surface area contributed by atoms with Crippen LogP contribution in [0.15, 0.2) is 30.7 Å². The molecule has 1 N–H and O–H groups in total. The molecule has 0 bridgehead atoms. The van der Waals surface area contributed by atoms with Crippen LogP contribution in [0.2, 0.25) is 0 Å². The molecule has 18 heavy (non-hydrogen) atoms. The number of anilines is 1. The Hall–Kier alpha value is -1.91. The van der Waals surface area contributed by atoms with Gasteiger partial charge in [0.1, 0.15) is 0 Å². The largest absolute Gasteiger partial charge is 0.340 e. The van der Waals surface area contributed by atoms with Gasteiger partial charge in [-0.3, -0.25) is 5.10 Å². The minimum atomic E-state index is 0.105. The Morgan fingerprint density at radius 1 is 1.28 bits per heavy atom. The van der Waals surface area contributed by atoms with Crippen molar-refractivity contribution in [2.45, 2.75) is 25.2 Å². The minimum absolute atomic E-state index is 0.105. The summed E-state index contributed by atoms with van der Waals surface area (Å²) in [7, 11) is 0. The van der Waals surface area contributed by atoms with Crippen LogP contribution in [0, 0.1) is 0 Å². The molecule has 5 nitrogen and oxygen atoms in total. The summed E-state index contributed by atoms with van der Waals surface area (Å²) in [6.07, 6.45) is 7.72. The van der Waals surface area contributed by atoms with Gasteiger partial charge in [-0.2, -0.15) is 5.10 Å². The van der Waals surface area contributed by atoms with Crippen LogP contribution < -0.4 is 4.90 Å². The number of piperidine rings is 1. The molecule has 1 aliphatic rings. The average molecular weight is 243 g/mol. The summed E-state index contributed by atoms with van der Waals surface area (Å²) in [6, 6.07) is 3.91. The molecule has 0 saturated carbocycles. The number of aromatic amines is 1. The van der Waals surface area contributed by atoms with Crippen molar-refractivity contribution >= 4 is 5.95 Å². The van der Waals surface area contributed by atoms with Gasteiger partial charge >= 0.3 is 0 Å². The highest BCUT2D eigenvalue weighted by molar-refractivity contribution is 5.33. The highest BCUT2D eigenvalue weighted by atomic mass is 15.3. The Balaban J connectivity index is 1.84. The van der Waals surface area contributed by atoms with Crippen LogP contribution in [0.3, 0.4) is 0 Å². The highest BCUT2D eigenvalue weighted by Gasteiger charge is 2.34. The van der Waals surface area contributed by atoms with Crippen molar-refractivity contribution in [1.82, 2.24) is 20.2 Å². The molecule has 1 fully saturated rings. The van der Waals surface area contributed by atoms with Crippen LogP contribution in [-0.2, 0) is 5.41 Å². The molecular weight excluding hydrogens is 226 g/mol. The van der Waals surface area contributed by atoms with E-state index in [1.807, 2.05) is 12.3 Å². The van der Waals surface area contributed by atoms with E-state index in [1.54, 1.807) is 12.4 Å².